The van der Waals surface area contributed by atoms with Crippen molar-refractivity contribution in [2.24, 2.45) is 4.99 Å². The first-order valence-corrected chi connectivity index (χ1v) is 6.67. The van der Waals surface area contributed by atoms with Crippen LogP contribution in [-0.2, 0) is 9.63 Å². The molecule has 0 aromatic rings. The molecule has 0 saturated carbocycles. The largest absolute Gasteiger partial charge is 0.295 e. The van der Waals surface area contributed by atoms with Crippen LogP contribution in [0.1, 0.15) is 13.3 Å². The Hall–Kier alpha value is -0.0800. The summed E-state index contributed by atoms with van der Waals surface area (Å²) in [6.07, 6.45) is 4.46. The smallest absolute Gasteiger partial charge is 0.274 e. The highest BCUT2D eigenvalue weighted by atomic mass is 127. The zero-order valence-corrected chi connectivity index (χ0v) is 12.3. The van der Waals surface area contributed by atoms with Crippen molar-refractivity contribution in [2.45, 2.75) is 13.3 Å². The molecule has 0 aromatic carbocycles. The van der Waals surface area contributed by atoms with Crippen LogP contribution in [0.25, 0.3) is 0 Å². The Morgan fingerprint density at radius 3 is 2.67 bits per heavy atom. The van der Waals surface area contributed by atoms with E-state index in [0.29, 0.717) is 5.70 Å². The summed E-state index contributed by atoms with van der Waals surface area (Å²) in [6, 6.07) is 0. The van der Waals surface area contributed by atoms with Crippen LogP contribution in [0.4, 0.5) is 0 Å². The van der Waals surface area contributed by atoms with Gasteiger partial charge < -0.3 is 0 Å². The van der Waals surface area contributed by atoms with Gasteiger partial charge in [0.1, 0.15) is 8.75 Å². The Kier molecular flexibility index (Phi) is 8.07. The molecule has 1 amide bonds. The van der Waals surface area contributed by atoms with E-state index in [-0.39, 0.29) is 5.91 Å². The zero-order valence-electron chi connectivity index (χ0n) is 9.28. The number of hydroxylamine groups is 2. The van der Waals surface area contributed by atoms with E-state index in [2.05, 4.69) is 27.6 Å². The van der Waals surface area contributed by atoms with E-state index in [1.807, 2.05) is 13.2 Å². The SMILES string of the molecule is CC/C=C(\N=C(/I)SC)C(=O)N(C)OC. The molecule has 0 radical (unpaired) electrons. The van der Waals surface area contributed by atoms with Gasteiger partial charge in [-0.2, -0.15) is 0 Å². The minimum absolute atomic E-state index is 0.234. The lowest BCUT2D eigenvalue weighted by molar-refractivity contribution is -0.164. The molecule has 86 valence electrons. The lowest BCUT2D eigenvalue weighted by Crippen LogP contribution is -2.26. The predicted octanol–water partition coefficient (Wildman–Crippen LogP) is 2.45. The van der Waals surface area contributed by atoms with Crippen molar-refractivity contribution in [1.82, 2.24) is 5.06 Å². The third-order valence-electron chi connectivity index (χ3n) is 1.55. The van der Waals surface area contributed by atoms with Crippen LogP contribution in [0.15, 0.2) is 16.8 Å². The molecule has 4 nitrogen and oxygen atoms in total. The quantitative estimate of drug-likeness (QED) is 0.259. The van der Waals surface area contributed by atoms with Gasteiger partial charge in [0.15, 0.2) is 0 Å². The number of hydrogen-bond acceptors (Lipinski definition) is 4. The van der Waals surface area contributed by atoms with Gasteiger partial charge in [0.2, 0.25) is 0 Å². The maximum absolute atomic E-state index is 11.7. The maximum atomic E-state index is 11.7. The number of rotatable bonds is 4. The van der Waals surface area contributed by atoms with Crippen LogP contribution in [0.3, 0.4) is 0 Å². The number of thioether (sulfide) groups is 1. The minimum atomic E-state index is -0.234. The van der Waals surface area contributed by atoms with Gasteiger partial charge in [-0.05, 0) is 35.3 Å². The second-order valence-electron chi connectivity index (χ2n) is 2.55. The van der Waals surface area contributed by atoms with Crippen molar-refractivity contribution in [1.29, 1.82) is 0 Å². The average Bonchev–Trinajstić information content (AvgIpc) is 2.26. The summed E-state index contributed by atoms with van der Waals surface area (Å²) in [5, 5.41) is 1.16. The van der Waals surface area contributed by atoms with Crippen molar-refractivity contribution >= 4 is 43.3 Å². The number of carbonyl (C=O) groups excluding carboxylic acids is 1. The molecule has 0 bridgehead atoms. The third-order valence-corrected chi connectivity index (χ3v) is 3.54. The third kappa shape index (κ3) is 5.53. The summed E-state index contributed by atoms with van der Waals surface area (Å²) in [5.41, 5.74) is 0.417. The molecule has 0 heterocycles. The van der Waals surface area contributed by atoms with E-state index in [1.165, 1.54) is 18.9 Å². The second-order valence-corrected chi connectivity index (χ2v) is 5.10. The van der Waals surface area contributed by atoms with Gasteiger partial charge >= 0.3 is 0 Å². The summed E-state index contributed by atoms with van der Waals surface area (Å²) in [7, 11) is 3.01. The molecule has 0 aliphatic carbocycles. The lowest BCUT2D eigenvalue weighted by atomic mass is 10.3. The Bertz CT molecular complexity index is 279. The Morgan fingerprint density at radius 2 is 2.27 bits per heavy atom. The molecular weight excluding hydrogens is 327 g/mol. The van der Waals surface area contributed by atoms with Crippen LogP contribution in [0, 0.1) is 0 Å². The van der Waals surface area contributed by atoms with Gasteiger partial charge in [-0.1, -0.05) is 13.0 Å². The standard InChI is InChI=1S/C9H15IN2O2S/c1-5-6-7(11-9(10)15-4)8(13)12(2)14-3/h6H,5H2,1-4H3/b7-6-,11-9+. The van der Waals surface area contributed by atoms with E-state index in [9.17, 15) is 4.79 Å². The van der Waals surface area contributed by atoms with Crippen LogP contribution < -0.4 is 0 Å². The fourth-order valence-electron chi connectivity index (χ4n) is 0.759. The Morgan fingerprint density at radius 1 is 1.67 bits per heavy atom. The highest BCUT2D eigenvalue weighted by Gasteiger charge is 2.13. The van der Waals surface area contributed by atoms with Gasteiger partial charge in [0.25, 0.3) is 5.91 Å². The molecule has 0 aromatic heterocycles. The normalized spacial score (nSPS) is 12.9. The van der Waals surface area contributed by atoms with Crippen molar-refractivity contribution in [3.63, 3.8) is 0 Å². The van der Waals surface area contributed by atoms with E-state index >= 15 is 0 Å². The second kappa shape index (κ2) is 8.12. The molecule has 0 fully saturated rings. The van der Waals surface area contributed by atoms with Gasteiger partial charge in [-0.15, -0.1) is 11.8 Å². The molecule has 0 unspecified atom stereocenters. The molecule has 0 saturated heterocycles. The monoisotopic (exact) mass is 342 g/mol. The van der Waals surface area contributed by atoms with E-state index < -0.39 is 0 Å². The minimum Gasteiger partial charge on any atom is -0.274 e. The Labute approximate surface area is 108 Å². The van der Waals surface area contributed by atoms with Gasteiger partial charge in [-0.25, -0.2) is 10.1 Å². The molecule has 0 aliphatic heterocycles. The highest BCUT2D eigenvalue weighted by Crippen LogP contribution is 2.12. The van der Waals surface area contributed by atoms with Crippen LogP contribution >= 0.6 is 34.4 Å². The zero-order chi connectivity index (χ0) is 11.8. The van der Waals surface area contributed by atoms with Crippen LogP contribution in [0.5, 0.6) is 0 Å². The first-order valence-electron chi connectivity index (χ1n) is 4.37. The molecule has 15 heavy (non-hydrogen) atoms. The lowest BCUT2D eigenvalue weighted by Gasteiger charge is -2.13. The molecule has 0 atom stereocenters. The topological polar surface area (TPSA) is 41.9 Å². The number of allylic oxidation sites excluding steroid dienone is 1. The number of likely N-dealkylation sites (N-methyl/N-ethyl adjacent to an activating group) is 1. The van der Waals surface area contributed by atoms with Crippen molar-refractivity contribution in [3.05, 3.63) is 11.8 Å². The predicted molar refractivity (Wildman–Crippen MR) is 73.1 cm³/mol. The molecule has 0 N–H and O–H groups in total. The first kappa shape index (κ1) is 14.9. The number of aliphatic imine (C=N–C) groups is 1. The number of nitrogens with zero attached hydrogens (tertiary/aromatic N) is 2. The molecular formula is C9H15IN2O2S. The number of halogens is 1. The fourth-order valence-corrected chi connectivity index (χ4v) is 1.21. The summed E-state index contributed by atoms with van der Waals surface area (Å²) >= 11 is 3.59. The molecule has 0 spiro atoms. The van der Waals surface area contributed by atoms with E-state index in [4.69, 9.17) is 4.84 Å². The molecule has 0 rings (SSSR count). The maximum Gasteiger partial charge on any atom is 0.295 e. The fraction of sp³-hybridized carbons (Fsp3) is 0.556. The summed E-state index contributed by atoms with van der Waals surface area (Å²) in [6.45, 7) is 1.96. The highest BCUT2D eigenvalue weighted by molar-refractivity contribution is 14.1. The van der Waals surface area contributed by atoms with Crippen molar-refractivity contribution in [3.8, 4) is 0 Å². The number of carbonyl (C=O) groups is 1. The van der Waals surface area contributed by atoms with Crippen molar-refractivity contribution < 1.29 is 9.63 Å². The summed E-state index contributed by atoms with van der Waals surface area (Å²) in [4.78, 5) is 20.8. The van der Waals surface area contributed by atoms with Crippen molar-refractivity contribution in [2.75, 3.05) is 20.4 Å². The van der Waals surface area contributed by atoms with E-state index in [1.54, 1.807) is 13.1 Å². The number of hydrogen-bond donors (Lipinski definition) is 0. The van der Waals surface area contributed by atoms with Crippen LogP contribution in [-0.4, -0.2) is 34.4 Å². The molecule has 0 aliphatic rings. The van der Waals surface area contributed by atoms with Crippen LogP contribution in [0.2, 0.25) is 0 Å². The van der Waals surface area contributed by atoms with Gasteiger partial charge in [-0.3, -0.25) is 9.63 Å². The average molecular weight is 342 g/mol. The van der Waals surface area contributed by atoms with Gasteiger partial charge in [0, 0.05) is 7.05 Å². The number of amides is 1. The Balaban J connectivity index is 4.84. The molecule has 6 heteroatoms. The van der Waals surface area contributed by atoms with Gasteiger partial charge in [0.05, 0.1) is 7.11 Å². The summed E-state index contributed by atoms with van der Waals surface area (Å²) < 4.78 is 0.824. The first-order chi connectivity index (χ1) is 7.06. The van der Waals surface area contributed by atoms with E-state index in [0.717, 1.165) is 14.5 Å². The summed E-state index contributed by atoms with van der Waals surface area (Å²) in [5.74, 6) is -0.234.